The molecular formula is C25H31ClN2O6. The van der Waals surface area contributed by atoms with Gasteiger partial charge >= 0.3 is 5.97 Å². The Hall–Kier alpha value is -2.42. The van der Waals surface area contributed by atoms with Gasteiger partial charge in [-0.3, -0.25) is 14.4 Å². The zero-order valence-corrected chi connectivity index (χ0v) is 20.1. The van der Waals surface area contributed by atoms with E-state index in [1.54, 1.807) is 30.3 Å². The lowest BCUT2D eigenvalue weighted by atomic mass is 9.70. The second-order valence-corrected chi connectivity index (χ2v) is 9.93. The summed E-state index contributed by atoms with van der Waals surface area (Å²) in [6, 6.07) is 5.08. The van der Waals surface area contributed by atoms with Crippen LogP contribution in [0.2, 0.25) is 5.02 Å². The highest BCUT2D eigenvalue weighted by atomic mass is 35.5. The van der Waals surface area contributed by atoms with Gasteiger partial charge in [-0.05, 0) is 43.0 Å². The molecule has 3 heterocycles. The van der Waals surface area contributed by atoms with Crippen LogP contribution in [0.15, 0.2) is 36.9 Å². The van der Waals surface area contributed by atoms with Gasteiger partial charge in [-0.15, -0.1) is 6.58 Å². The molecule has 2 N–H and O–H groups in total. The van der Waals surface area contributed by atoms with Gasteiger partial charge in [0.15, 0.2) is 0 Å². The van der Waals surface area contributed by atoms with E-state index in [1.165, 1.54) is 9.80 Å². The molecule has 2 bridgehead atoms. The minimum absolute atomic E-state index is 0.108. The summed E-state index contributed by atoms with van der Waals surface area (Å²) in [4.78, 5) is 43.2. The number of rotatable bonds is 9. The second-order valence-electron chi connectivity index (χ2n) is 9.49. The average Bonchev–Trinajstić information content (AvgIpc) is 3.46. The molecule has 3 aliphatic rings. The third kappa shape index (κ3) is 3.63. The number of hydrogen-bond donors (Lipinski definition) is 2. The van der Waals surface area contributed by atoms with Crippen molar-refractivity contribution in [2.45, 2.75) is 56.9 Å². The molecule has 184 valence electrons. The molecular weight excluding hydrogens is 460 g/mol. The van der Waals surface area contributed by atoms with Crippen LogP contribution in [0.4, 0.5) is 5.69 Å². The quantitative estimate of drug-likeness (QED) is 0.515. The number of hydrogen-bond acceptors (Lipinski definition) is 5. The number of aliphatic hydroxyl groups excluding tert-OH is 1. The zero-order chi connectivity index (χ0) is 24.8. The lowest BCUT2D eigenvalue weighted by Crippen LogP contribution is -2.60. The second kappa shape index (κ2) is 9.32. The van der Waals surface area contributed by atoms with E-state index in [0.29, 0.717) is 30.0 Å². The van der Waals surface area contributed by atoms with Crippen LogP contribution >= 0.6 is 11.6 Å². The maximum Gasteiger partial charge on any atom is 0.310 e. The number of halogens is 1. The molecule has 7 atom stereocenters. The van der Waals surface area contributed by atoms with Gasteiger partial charge in [-0.25, -0.2) is 0 Å². The fraction of sp³-hybridized carbons (Fsp3) is 0.560. The SMILES string of the molecule is C=CCN(C(=O)C1N([C@@H](CO)[C@@H](C)CC)C(=O)[C@@H]2[C@H](C(=O)O)[C@@H]3CCC12O3)c1ccc(Cl)cc1. The minimum atomic E-state index is -1.24. The number of anilines is 1. The van der Waals surface area contributed by atoms with Crippen LogP contribution in [0.25, 0.3) is 0 Å². The number of benzene rings is 1. The number of carbonyl (C=O) groups is 3. The molecule has 2 unspecified atom stereocenters. The molecule has 1 aromatic rings. The Bertz CT molecular complexity index is 984. The normalized spacial score (nSPS) is 31.3. The summed E-state index contributed by atoms with van der Waals surface area (Å²) in [5.41, 5.74) is -0.665. The zero-order valence-electron chi connectivity index (χ0n) is 19.4. The highest BCUT2D eigenvalue weighted by Gasteiger charge is 2.75. The van der Waals surface area contributed by atoms with Crippen LogP contribution in [-0.2, 0) is 19.1 Å². The van der Waals surface area contributed by atoms with E-state index in [9.17, 15) is 24.6 Å². The number of carboxylic acids is 1. The fourth-order valence-electron chi connectivity index (χ4n) is 6.04. The Kier molecular flexibility index (Phi) is 6.77. The summed E-state index contributed by atoms with van der Waals surface area (Å²) in [5, 5.41) is 20.7. The van der Waals surface area contributed by atoms with E-state index in [4.69, 9.17) is 16.3 Å². The monoisotopic (exact) mass is 490 g/mol. The summed E-state index contributed by atoms with van der Waals surface area (Å²) in [6.07, 6.45) is 2.53. The van der Waals surface area contributed by atoms with Crippen LogP contribution in [-0.4, -0.2) is 69.8 Å². The number of aliphatic carboxylic acids is 1. The molecule has 3 saturated heterocycles. The molecule has 9 heteroatoms. The average molecular weight is 491 g/mol. The van der Waals surface area contributed by atoms with E-state index < -0.39 is 47.5 Å². The van der Waals surface area contributed by atoms with E-state index in [0.717, 1.165) is 0 Å². The highest BCUT2D eigenvalue weighted by molar-refractivity contribution is 6.30. The number of likely N-dealkylation sites (tertiary alicyclic amines) is 1. The standard InChI is InChI=1S/C25H31ClN2O6/c1-4-12-27(16-8-6-15(26)7-9-16)23(31)21-25-11-10-18(34-25)19(24(32)33)20(25)22(30)28(21)17(13-29)14(3)5-2/h4,6-9,14,17-21,29H,1,5,10-13H2,2-3H3,(H,32,33)/t14-,17-,18-,19+,20-,21?,25?/m0/s1. The molecule has 0 radical (unpaired) electrons. The van der Waals surface area contributed by atoms with Gasteiger partial charge in [-0.1, -0.05) is 37.9 Å². The predicted octanol–water partition coefficient (Wildman–Crippen LogP) is 2.73. The molecule has 2 amide bonds. The maximum atomic E-state index is 14.3. The van der Waals surface area contributed by atoms with Gasteiger partial charge in [0.25, 0.3) is 5.91 Å². The maximum absolute atomic E-state index is 14.3. The number of ether oxygens (including phenoxy) is 1. The van der Waals surface area contributed by atoms with E-state index in [2.05, 4.69) is 6.58 Å². The molecule has 1 spiro atoms. The lowest BCUT2D eigenvalue weighted by Gasteiger charge is -2.40. The van der Waals surface area contributed by atoms with Gasteiger partial charge in [0.1, 0.15) is 11.6 Å². The van der Waals surface area contributed by atoms with Crippen molar-refractivity contribution in [2.75, 3.05) is 18.1 Å². The number of nitrogens with zero attached hydrogens (tertiary/aromatic N) is 2. The van der Waals surface area contributed by atoms with E-state index in [-0.39, 0.29) is 25.0 Å². The van der Waals surface area contributed by atoms with Crippen molar-refractivity contribution in [1.29, 1.82) is 0 Å². The molecule has 0 saturated carbocycles. The number of fused-ring (bicyclic) bond motifs is 1. The third-order valence-electron chi connectivity index (χ3n) is 7.82. The Balaban J connectivity index is 1.84. The Morgan fingerprint density at radius 3 is 2.62 bits per heavy atom. The number of carbonyl (C=O) groups excluding carboxylic acids is 2. The largest absolute Gasteiger partial charge is 0.481 e. The number of aliphatic hydroxyl groups is 1. The predicted molar refractivity (Wildman–Crippen MR) is 126 cm³/mol. The summed E-state index contributed by atoms with van der Waals surface area (Å²) in [7, 11) is 0. The van der Waals surface area contributed by atoms with Crippen molar-refractivity contribution in [2.24, 2.45) is 17.8 Å². The molecule has 4 rings (SSSR count). The van der Waals surface area contributed by atoms with Crippen molar-refractivity contribution in [3.63, 3.8) is 0 Å². The van der Waals surface area contributed by atoms with Gasteiger partial charge in [0.05, 0.1) is 30.6 Å². The van der Waals surface area contributed by atoms with Gasteiger partial charge in [0.2, 0.25) is 5.91 Å². The summed E-state index contributed by atoms with van der Waals surface area (Å²) < 4.78 is 6.26. The molecule has 3 aliphatic heterocycles. The molecule has 34 heavy (non-hydrogen) atoms. The van der Waals surface area contributed by atoms with Gasteiger partial charge < -0.3 is 24.7 Å². The summed E-state index contributed by atoms with van der Waals surface area (Å²) in [5.74, 6) is -3.99. The first-order valence-corrected chi connectivity index (χ1v) is 12.1. The van der Waals surface area contributed by atoms with Crippen molar-refractivity contribution < 1.29 is 29.3 Å². The molecule has 1 aromatic carbocycles. The van der Waals surface area contributed by atoms with Crippen LogP contribution in [0.5, 0.6) is 0 Å². The van der Waals surface area contributed by atoms with E-state index in [1.807, 2.05) is 13.8 Å². The van der Waals surface area contributed by atoms with Crippen molar-refractivity contribution in [1.82, 2.24) is 4.90 Å². The Morgan fingerprint density at radius 2 is 2.06 bits per heavy atom. The first-order valence-electron chi connectivity index (χ1n) is 11.7. The number of amides is 2. The number of carboxylic acid groups (broad SMARTS) is 1. The van der Waals surface area contributed by atoms with Crippen LogP contribution in [0.1, 0.15) is 33.1 Å². The smallest absolute Gasteiger partial charge is 0.310 e. The first kappa shape index (κ1) is 24.7. The van der Waals surface area contributed by atoms with Crippen molar-refractivity contribution in [3.8, 4) is 0 Å². The Morgan fingerprint density at radius 1 is 1.38 bits per heavy atom. The van der Waals surface area contributed by atoms with Crippen LogP contribution < -0.4 is 4.90 Å². The molecule has 0 aromatic heterocycles. The lowest BCUT2D eigenvalue weighted by molar-refractivity contribution is -0.151. The first-order chi connectivity index (χ1) is 16.2. The minimum Gasteiger partial charge on any atom is -0.481 e. The van der Waals surface area contributed by atoms with Gasteiger partial charge in [0, 0.05) is 17.3 Å². The molecule has 0 aliphatic carbocycles. The molecule has 8 nitrogen and oxygen atoms in total. The highest BCUT2D eigenvalue weighted by Crippen LogP contribution is 2.59. The fourth-order valence-corrected chi connectivity index (χ4v) is 6.17. The molecule has 3 fully saturated rings. The topological polar surface area (TPSA) is 107 Å². The summed E-state index contributed by atoms with van der Waals surface area (Å²) >= 11 is 6.04. The van der Waals surface area contributed by atoms with Crippen LogP contribution in [0, 0.1) is 17.8 Å². The van der Waals surface area contributed by atoms with E-state index >= 15 is 0 Å². The Labute approximate surface area is 204 Å². The summed E-state index contributed by atoms with van der Waals surface area (Å²) in [6.45, 7) is 7.48. The van der Waals surface area contributed by atoms with Crippen molar-refractivity contribution >= 4 is 35.1 Å². The van der Waals surface area contributed by atoms with Crippen molar-refractivity contribution in [3.05, 3.63) is 41.9 Å². The van der Waals surface area contributed by atoms with Gasteiger partial charge in [-0.2, -0.15) is 0 Å². The third-order valence-corrected chi connectivity index (χ3v) is 8.07. The van der Waals surface area contributed by atoms with Crippen LogP contribution in [0.3, 0.4) is 0 Å².